The molecule has 0 unspecified atom stereocenters. The van der Waals surface area contributed by atoms with Crippen LogP contribution >= 0.6 is 23.1 Å². The predicted octanol–water partition coefficient (Wildman–Crippen LogP) is 6.56. The highest BCUT2D eigenvalue weighted by Gasteiger charge is 2.45. The van der Waals surface area contributed by atoms with Crippen LogP contribution in [0.4, 0.5) is 10.2 Å². The van der Waals surface area contributed by atoms with E-state index < -0.39 is 5.82 Å². The van der Waals surface area contributed by atoms with Crippen molar-refractivity contribution in [3.63, 3.8) is 0 Å². The Morgan fingerprint density at radius 1 is 1.14 bits per heavy atom. The number of likely N-dealkylation sites (N-methyl/N-ethyl adjacent to an activating group) is 1. The van der Waals surface area contributed by atoms with Gasteiger partial charge in [-0.05, 0) is 81.2 Å². The molecule has 3 aliphatic rings. The molecule has 3 aromatic heterocycles. The molecule has 3 aliphatic heterocycles. The van der Waals surface area contributed by atoms with Crippen molar-refractivity contribution in [3.05, 3.63) is 70.3 Å². The minimum atomic E-state index is -0.561. The van der Waals surface area contributed by atoms with Crippen LogP contribution in [0.15, 0.2) is 48.7 Å². The van der Waals surface area contributed by atoms with E-state index in [-0.39, 0.29) is 34.7 Å². The Kier molecular flexibility index (Phi) is 8.41. The third kappa shape index (κ3) is 5.89. The normalized spacial score (nSPS) is 19.0. The van der Waals surface area contributed by atoms with Gasteiger partial charge in [0.15, 0.2) is 5.82 Å². The second-order valence-corrected chi connectivity index (χ2v) is 14.4. The number of anilines is 1. The molecule has 6 heterocycles. The van der Waals surface area contributed by atoms with E-state index in [9.17, 15) is 4.79 Å². The third-order valence-electron chi connectivity index (χ3n) is 10.3. The van der Waals surface area contributed by atoms with Crippen LogP contribution in [-0.4, -0.2) is 91.4 Å². The van der Waals surface area contributed by atoms with Crippen LogP contribution in [0, 0.1) is 12.7 Å². The second kappa shape index (κ2) is 12.9. The van der Waals surface area contributed by atoms with Gasteiger partial charge in [-0.3, -0.25) is 14.7 Å². The van der Waals surface area contributed by atoms with Crippen LogP contribution < -0.4 is 9.64 Å². The summed E-state index contributed by atoms with van der Waals surface area (Å²) >= 11 is 7.90. The van der Waals surface area contributed by atoms with Gasteiger partial charge in [-0.25, -0.2) is 9.37 Å². The lowest BCUT2D eigenvalue weighted by molar-refractivity contribution is -0.124. The summed E-state index contributed by atoms with van der Waals surface area (Å²) in [4.78, 5) is 38.0. The Morgan fingerprint density at radius 3 is 2.71 bits per heavy atom. The number of amides is 1. The molecule has 0 saturated carbocycles. The molecule has 0 spiro atoms. The molecule has 252 valence electrons. The lowest BCUT2D eigenvalue weighted by atomic mass is 9.95. The molecule has 49 heavy (non-hydrogen) atoms. The van der Waals surface area contributed by atoms with Crippen LogP contribution in [-0.2, 0) is 4.79 Å². The lowest BCUT2D eigenvalue weighted by Crippen LogP contribution is -2.43. The van der Waals surface area contributed by atoms with Gasteiger partial charge in [0.05, 0.1) is 10.9 Å². The summed E-state index contributed by atoms with van der Waals surface area (Å²) < 4.78 is 27.4. The van der Waals surface area contributed by atoms with E-state index in [1.54, 1.807) is 24.4 Å². The van der Waals surface area contributed by atoms with E-state index in [4.69, 9.17) is 26.3 Å². The molecule has 0 N–H and O–H groups in total. The van der Waals surface area contributed by atoms with E-state index in [0.29, 0.717) is 52.3 Å². The number of rotatable bonds is 8. The van der Waals surface area contributed by atoms with Crippen molar-refractivity contribution < 1.29 is 13.9 Å². The monoisotopic (exact) mass is 698 g/mol. The maximum Gasteiger partial charge on any atom is 0.319 e. The van der Waals surface area contributed by atoms with Crippen molar-refractivity contribution >= 4 is 62.6 Å². The SMILES string of the molecule is Cc1nsc(/C=C/C(=O)N2CC[C@@H](N(C)c3nc(OCC45CCCN4CCC5)nc4c(F)c(-c5cccc6cccc(Cl)c56)ncc34)C2)n1. The van der Waals surface area contributed by atoms with Crippen LogP contribution in [0.25, 0.3) is 39.0 Å². The van der Waals surface area contributed by atoms with Crippen LogP contribution in [0.1, 0.15) is 42.9 Å². The zero-order valence-electron chi connectivity index (χ0n) is 27.4. The number of ether oxygens (including phenoxy) is 1. The van der Waals surface area contributed by atoms with E-state index in [0.717, 1.165) is 56.0 Å². The average Bonchev–Trinajstić information content (AvgIpc) is 3.91. The van der Waals surface area contributed by atoms with Gasteiger partial charge in [0.2, 0.25) is 5.91 Å². The van der Waals surface area contributed by atoms with Crippen molar-refractivity contribution in [1.29, 1.82) is 0 Å². The number of carbonyl (C=O) groups excluding carboxylic acids is 1. The topological polar surface area (TPSA) is 100 Å². The molecular formula is C36H36ClFN8O2S. The highest BCUT2D eigenvalue weighted by Crippen LogP contribution is 2.40. The van der Waals surface area contributed by atoms with Gasteiger partial charge in [-0.2, -0.15) is 14.3 Å². The number of aromatic nitrogens is 5. The molecule has 1 atom stereocenters. The quantitative estimate of drug-likeness (QED) is 0.167. The number of benzene rings is 2. The molecule has 3 fully saturated rings. The van der Waals surface area contributed by atoms with Gasteiger partial charge in [0.1, 0.15) is 34.5 Å². The Balaban J connectivity index is 1.14. The fourth-order valence-electron chi connectivity index (χ4n) is 7.76. The van der Waals surface area contributed by atoms with E-state index in [1.807, 2.05) is 54.1 Å². The summed E-state index contributed by atoms with van der Waals surface area (Å²) in [7, 11) is 1.93. The molecule has 0 aliphatic carbocycles. The molecule has 8 rings (SSSR count). The smallest absolute Gasteiger partial charge is 0.319 e. The molecule has 10 nitrogen and oxygen atoms in total. The summed E-state index contributed by atoms with van der Waals surface area (Å²) in [5.74, 6) is 0.542. The van der Waals surface area contributed by atoms with Crippen LogP contribution in [0.2, 0.25) is 5.02 Å². The van der Waals surface area contributed by atoms with Crippen molar-refractivity contribution in [1.82, 2.24) is 34.1 Å². The first kappa shape index (κ1) is 32.0. The molecule has 0 radical (unpaired) electrons. The maximum absolute atomic E-state index is 16.8. The lowest BCUT2D eigenvalue weighted by Gasteiger charge is -2.31. The number of fused-ring (bicyclic) bond motifs is 3. The van der Waals surface area contributed by atoms with Gasteiger partial charge in [0.25, 0.3) is 0 Å². The van der Waals surface area contributed by atoms with E-state index in [1.165, 1.54) is 11.5 Å². The molecule has 1 amide bonds. The molecule has 2 aromatic carbocycles. The van der Waals surface area contributed by atoms with Gasteiger partial charge in [0, 0.05) is 54.4 Å². The highest BCUT2D eigenvalue weighted by atomic mass is 35.5. The van der Waals surface area contributed by atoms with Crippen LogP contribution in [0.5, 0.6) is 6.01 Å². The maximum atomic E-state index is 16.8. The molecule has 3 saturated heterocycles. The number of pyridine rings is 1. The zero-order chi connectivity index (χ0) is 33.7. The molecule has 0 bridgehead atoms. The average molecular weight is 699 g/mol. The van der Waals surface area contributed by atoms with Gasteiger partial charge in [-0.1, -0.05) is 41.9 Å². The van der Waals surface area contributed by atoms with Crippen molar-refractivity contribution in [2.24, 2.45) is 0 Å². The Labute approximate surface area is 292 Å². The summed E-state index contributed by atoms with van der Waals surface area (Å²) in [6.07, 6.45) is 10.0. The largest absolute Gasteiger partial charge is 0.461 e. The fourth-order valence-corrected chi connectivity index (χ4v) is 8.61. The fraction of sp³-hybridized carbons (Fsp3) is 0.389. The number of likely N-dealkylation sites (tertiary alicyclic amines) is 1. The standard InChI is InChI=1S/C36H36ClFN8O2S/c1-22-40-28(49-43-22)11-12-29(47)45-18-13-24(20-45)44(2)34-26-19-39-32(25-9-3-7-23-8-4-10-27(37)30(23)25)31(38)33(26)41-35(42-34)48-21-36-14-5-16-46(36)17-6-15-36/h3-4,7-12,19,24H,5-6,13-18,20-21H2,1-2H3/b12-11+/t24-/m1/s1. The zero-order valence-corrected chi connectivity index (χ0v) is 29.0. The molecule has 5 aromatic rings. The van der Waals surface area contributed by atoms with Crippen molar-refractivity contribution in [2.45, 2.75) is 50.6 Å². The van der Waals surface area contributed by atoms with Gasteiger partial charge in [-0.15, -0.1) is 0 Å². The Morgan fingerprint density at radius 2 is 1.94 bits per heavy atom. The van der Waals surface area contributed by atoms with Gasteiger partial charge >= 0.3 is 6.01 Å². The summed E-state index contributed by atoms with van der Waals surface area (Å²) in [5, 5.41) is 3.31. The first-order chi connectivity index (χ1) is 23.8. The first-order valence-electron chi connectivity index (χ1n) is 16.7. The minimum absolute atomic E-state index is 0.0285. The van der Waals surface area contributed by atoms with Crippen molar-refractivity contribution in [2.75, 3.05) is 44.7 Å². The number of halogens is 2. The van der Waals surface area contributed by atoms with Crippen LogP contribution in [0.3, 0.4) is 0 Å². The predicted molar refractivity (Wildman–Crippen MR) is 191 cm³/mol. The number of carbonyl (C=O) groups is 1. The summed E-state index contributed by atoms with van der Waals surface area (Å²) in [6.45, 7) is 5.47. The Bertz CT molecular complexity index is 2090. The number of nitrogens with zero attached hydrogens (tertiary/aromatic N) is 8. The second-order valence-electron chi connectivity index (χ2n) is 13.2. The molecular weight excluding hydrogens is 663 g/mol. The minimum Gasteiger partial charge on any atom is -0.461 e. The number of hydrogen-bond acceptors (Lipinski definition) is 10. The summed E-state index contributed by atoms with van der Waals surface area (Å²) in [6, 6.07) is 11.3. The molecule has 13 heteroatoms. The number of hydrogen-bond donors (Lipinski definition) is 0. The third-order valence-corrected chi connectivity index (χ3v) is 11.4. The first-order valence-corrected chi connectivity index (χ1v) is 17.9. The van der Waals surface area contributed by atoms with E-state index >= 15 is 4.39 Å². The van der Waals surface area contributed by atoms with Crippen molar-refractivity contribution in [3.8, 4) is 17.3 Å². The van der Waals surface area contributed by atoms with Gasteiger partial charge < -0.3 is 14.5 Å². The number of aryl methyl sites for hydroxylation is 1. The summed E-state index contributed by atoms with van der Waals surface area (Å²) in [5.41, 5.74) is 0.857. The highest BCUT2D eigenvalue weighted by molar-refractivity contribution is 7.06. The van der Waals surface area contributed by atoms with E-state index in [2.05, 4.69) is 19.2 Å². The Hall–Kier alpha value is -4.26.